The lowest BCUT2D eigenvalue weighted by Gasteiger charge is -2.05. The Morgan fingerprint density at radius 2 is 2.13 bits per heavy atom. The third kappa shape index (κ3) is 3.53. The van der Waals surface area contributed by atoms with Crippen LogP contribution in [0.3, 0.4) is 0 Å². The second-order valence-corrected chi connectivity index (χ2v) is 5.20. The minimum atomic E-state index is -3.26. The van der Waals surface area contributed by atoms with Crippen LogP contribution in [0.1, 0.15) is 6.92 Å². The summed E-state index contributed by atoms with van der Waals surface area (Å²) in [5.41, 5.74) is 5.97. The van der Waals surface area contributed by atoms with E-state index in [9.17, 15) is 8.42 Å². The van der Waals surface area contributed by atoms with Crippen LogP contribution in [0.25, 0.3) is 0 Å². The van der Waals surface area contributed by atoms with Gasteiger partial charge in [-0.1, -0.05) is 6.07 Å². The number of benzene rings is 1. The highest BCUT2D eigenvalue weighted by Crippen LogP contribution is 2.14. The molecule has 0 saturated carbocycles. The molecule has 15 heavy (non-hydrogen) atoms. The summed E-state index contributed by atoms with van der Waals surface area (Å²) < 4.78 is 28.5. The van der Waals surface area contributed by atoms with Crippen molar-refractivity contribution in [3.63, 3.8) is 0 Å². The first-order valence-electron chi connectivity index (χ1n) is 4.72. The number of nitrogen functional groups attached to an aromatic ring is 1. The third-order valence-corrected chi connectivity index (χ3v) is 3.59. The summed E-state index contributed by atoms with van der Waals surface area (Å²) in [6, 6.07) is 6.28. The molecule has 0 aliphatic heterocycles. The Bertz CT molecular complexity index is 414. The normalized spacial score (nSPS) is 11.5. The van der Waals surface area contributed by atoms with Gasteiger partial charge in [-0.2, -0.15) is 0 Å². The molecule has 0 bridgehead atoms. The highest BCUT2D eigenvalue weighted by molar-refractivity contribution is 7.91. The third-order valence-electron chi connectivity index (χ3n) is 1.92. The van der Waals surface area contributed by atoms with Gasteiger partial charge in [-0.3, -0.25) is 0 Å². The van der Waals surface area contributed by atoms with E-state index in [1.54, 1.807) is 12.1 Å². The zero-order chi connectivity index (χ0) is 11.3. The van der Waals surface area contributed by atoms with Gasteiger partial charge in [0, 0.05) is 12.3 Å². The molecule has 0 fully saturated rings. The van der Waals surface area contributed by atoms with Gasteiger partial charge in [-0.15, -0.1) is 0 Å². The van der Waals surface area contributed by atoms with Crippen molar-refractivity contribution in [2.24, 2.45) is 0 Å². The van der Waals surface area contributed by atoms with E-state index in [4.69, 9.17) is 10.5 Å². The lowest BCUT2D eigenvalue weighted by molar-refractivity contribution is 0.163. The van der Waals surface area contributed by atoms with E-state index < -0.39 is 9.84 Å². The summed E-state index contributed by atoms with van der Waals surface area (Å²) in [6.45, 7) is 2.56. The molecule has 0 saturated heterocycles. The summed E-state index contributed by atoms with van der Waals surface area (Å²) in [6.07, 6.45) is 0. The van der Waals surface area contributed by atoms with E-state index >= 15 is 0 Å². The van der Waals surface area contributed by atoms with Crippen LogP contribution in [0.2, 0.25) is 0 Å². The predicted molar refractivity (Wildman–Crippen MR) is 59.4 cm³/mol. The summed E-state index contributed by atoms with van der Waals surface area (Å²) >= 11 is 0. The number of hydrogen-bond donors (Lipinski definition) is 1. The standard InChI is InChI=1S/C10H15NO3S/c1-2-14-6-7-15(12,13)10-5-3-4-9(11)8-10/h3-5,8H,2,6-7,11H2,1H3. The van der Waals surface area contributed by atoms with Crippen molar-refractivity contribution >= 4 is 15.5 Å². The molecule has 0 amide bonds. The van der Waals surface area contributed by atoms with Crippen LogP contribution < -0.4 is 5.73 Å². The number of sulfone groups is 1. The van der Waals surface area contributed by atoms with Gasteiger partial charge in [0.05, 0.1) is 17.3 Å². The number of hydrogen-bond acceptors (Lipinski definition) is 4. The average Bonchev–Trinajstić information content (AvgIpc) is 2.18. The summed E-state index contributed by atoms with van der Waals surface area (Å²) in [7, 11) is -3.26. The van der Waals surface area contributed by atoms with E-state index in [2.05, 4.69) is 0 Å². The Labute approximate surface area is 90.0 Å². The fourth-order valence-electron chi connectivity index (χ4n) is 1.14. The van der Waals surface area contributed by atoms with Crippen LogP contribution >= 0.6 is 0 Å². The maximum atomic E-state index is 11.7. The van der Waals surface area contributed by atoms with E-state index in [1.807, 2.05) is 6.92 Å². The topological polar surface area (TPSA) is 69.4 Å². The molecule has 1 aromatic carbocycles. The molecular weight excluding hydrogens is 214 g/mol. The molecule has 84 valence electrons. The first-order chi connectivity index (χ1) is 7.06. The van der Waals surface area contributed by atoms with E-state index in [0.29, 0.717) is 12.3 Å². The fourth-order valence-corrected chi connectivity index (χ4v) is 2.31. The molecule has 0 aliphatic carbocycles. The Kier molecular flexibility index (Phi) is 4.11. The zero-order valence-electron chi connectivity index (χ0n) is 8.64. The minimum absolute atomic E-state index is 0.00963. The van der Waals surface area contributed by atoms with Crippen molar-refractivity contribution in [3.8, 4) is 0 Å². The van der Waals surface area contributed by atoms with Gasteiger partial charge >= 0.3 is 0 Å². The Hall–Kier alpha value is -1.07. The highest BCUT2D eigenvalue weighted by Gasteiger charge is 2.13. The molecule has 0 aliphatic rings. The lowest BCUT2D eigenvalue weighted by Crippen LogP contribution is -2.12. The summed E-state index contributed by atoms with van der Waals surface area (Å²) in [5.74, 6) is -0.00963. The van der Waals surface area contributed by atoms with Crippen LogP contribution in [0.15, 0.2) is 29.2 Å². The van der Waals surface area contributed by atoms with E-state index in [-0.39, 0.29) is 17.3 Å². The van der Waals surface area contributed by atoms with Crippen molar-refractivity contribution < 1.29 is 13.2 Å². The van der Waals surface area contributed by atoms with Crippen molar-refractivity contribution in [2.45, 2.75) is 11.8 Å². The van der Waals surface area contributed by atoms with Crippen LogP contribution in [0, 0.1) is 0 Å². The molecule has 0 atom stereocenters. The Balaban J connectivity index is 2.77. The van der Waals surface area contributed by atoms with Gasteiger partial charge in [0.1, 0.15) is 0 Å². The zero-order valence-corrected chi connectivity index (χ0v) is 9.46. The van der Waals surface area contributed by atoms with Gasteiger partial charge < -0.3 is 10.5 Å². The molecule has 4 nitrogen and oxygen atoms in total. The van der Waals surface area contributed by atoms with Crippen molar-refractivity contribution in [1.29, 1.82) is 0 Å². The molecule has 0 aromatic heterocycles. The monoisotopic (exact) mass is 229 g/mol. The van der Waals surface area contributed by atoms with Gasteiger partial charge in [-0.05, 0) is 25.1 Å². The number of ether oxygens (including phenoxy) is 1. The average molecular weight is 229 g/mol. The van der Waals surface area contributed by atoms with Crippen molar-refractivity contribution in [1.82, 2.24) is 0 Å². The summed E-state index contributed by atoms with van der Waals surface area (Å²) in [5, 5.41) is 0. The second kappa shape index (κ2) is 5.14. The van der Waals surface area contributed by atoms with Crippen molar-refractivity contribution in [2.75, 3.05) is 24.7 Å². The van der Waals surface area contributed by atoms with E-state index in [0.717, 1.165) is 0 Å². The smallest absolute Gasteiger partial charge is 0.180 e. The predicted octanol–water partition coefficient (Wildman–Crippen LogP) is 1.08. The first-order valence-corrected chi connectivity index (χ1v) is 6.37. The van der Waals surface area contributed by atoms with Crippen molar-refractivity contribution in [3.05, 3.63) is 24.3 Å². The van der Waals surface area contributed by atoms with Gasteiger partial charge in [-0.25, -0.2) is 8.42 Å². The molecule has 1 aromatic rings. The highest BCUT2D eigenvalue weighted by atomic mass is 32.2. The second-order valence-electron chi connectivity index (χ2n) is 3.09. The molecule has 0 heterocycles. The molecule has 2 N–H and O–H groups in total. The molecular formula is C10H15NO3S. The number of anilines is 1. The van der Waals surface area contributed by atoms with Crippen LogP contribution in [0.5, 0.6) is 0 Å². The molecule has 0 spiro atoms. The first kappa shape index (κ1) is 12.0. The summed E-state index contributed by atoms with van der Waals surface area (Å²) in [4.78, 5) is 0.252. The molecule has 1 rings (SSSR count). The molecule has 5 heteroatoms. The quantitative estimate of drug-likeness (QED) is 0.606. The largest absolute Gasteiger partial charge is 0.399 e. The van der Waals surface area contributed by atoms with E-state index in [1.165, 1.54) is 12.1 Å². The maximum Gasteiger partial charge on any atom is 0.180 e. The minimum Gasteiger partial charge on any atom is -0.399 e. The SMILES string of the molecule is CCOCCS(=O)(=O)c1cccc(N)c1. The molecule has 0 radical (unpaired) electrons. The molecule has 0 unspecified atom stereocenters. The van der Waals surface area contributed by atoms with Gasteiger partial charge in [0.2, 0.25) is 0 Å². The lowest BCUT2D eigenvalue weighted by atomic mass is 10.3. The Morgan fingerprint density at radius 3 is 2.73 bits per heavy atom. The van der Waals surface area contributed by atoms with Crippen LogP contribution in [-0.4, -0.2) is 27.4 Å². The fraction of sp³-hybridized carbons (Fsp3) is 0.400. The van der Waals surface area contributed by atoms with Crippen LogP contribution in [-0.2, 0) is 14.6 Å². The number of rotatable bonds is 5. The maximum absolute atomic E-state index is 11.7. The van der Waals surface area contributed by atoms with Gasteiger partial charge in [0.25, 0.3) is 0 Å². The van der Waals surface area contributed by atoms with Gasteiger partial charge in [0.15, 0.2) is 9.84 Å². The number of nitrogens with two attached hydrogens (primary N) is 1. The van der Waals surface area contributed by atoms with Crippen LogP contribution in [0.4, 0.5) is 5.69 Å². The Morgan fingerprint density at radius 1 is 1.40 bits per heavy atom.